The highest BCUT2D eigenvalue weighted by Crippen LogP contribution is 2.33. The predicted octanol–water partition coefficient (Wildman–Crippen LogP) is 3.46. The molecular formula is C16H21NO4. The molecule has 1 aliphatic rings. The van der Waals surface area contributed by atoms with Crippen molar-refractivity contribution in [1.29, 1.82) is 0 Å². The molecule has 1 atom stereocenters. The summed E-state index contributed by atoms with van der Waals surface area (Å²) in [4.78, 5) is 24.8. The molecule has 0 saturated carbocycles. The Kier molecular flexibility index (Phi) is 4.21. The van der Waals surface area contributed by atoms with Crippen LogP contribution < -0.4 is 0 Å². The number of aromatic carboxylic acids is 1. The fourth-order valence-corrected chi connectivity index (χ4v) is 2.50. The molecule has 1 heterocycles. The third-order valence-corrected chi connectivity index (χ3v) is 3.42. The van der Waals surface area contributed by atoms with Crippen LogP contribution in [-0.2, 0) is 4.74 Å². The number of benzene rings is 1. The van der Waals surface area contributed by atoms with Crippen LogP contribution >= 0.6 is 0 Å². The van der Waals surface area contributed by atoms with Crippen LogP contribution in [0.2, 0.25) is 0 Å². The summed E-state index contributed by atoms with van der Waals surface area (Å²) in [7, 11) is 0. The lowest BCUT2D eigenvalue weighted by atomic mass is 10.0. The number of carboxylic acid groups (broad SMARTS) is 1. The van der Waals surface area contributed by atoms with Gasteiger partial charge in [-0.3, -0.25) is 0 Å². The summed E-state index contributed by atoms with van der Waals surface area (Å²) in [6.45, 7) is 6.20. The van der Waals surface area contributed by atoms with E-state index in [-0.39, 0.29) is 17.7 Å². The van der Waals surface area contributed by atoms with Crippen LogP contribution in [0.5, 0.6) is 0 Å². The molecule has 0 unspecified atom stereocenters. The molecule has 0 radical (unpaired) electrons. The van der Waals surface area contributed by atoms with Crippen LogP contribution in [0.3, 0.4) is 0 Å². The zero-order valence-electron chi connectivity index (χ0n) is 12.6. The average molecular weight is 291 g/mol. The van der Waals surface area contributed by atoms with Crippen LogP contribution in [0, 0.1) is 0 Å². The van der Waals surface area contributed by atoms with E-state index in [1.165, 1.54) is 0 Å². The lowest BCUT2D eigenvalue weighted by Gasteiger charge is -2.28. The van der Waals surface area contributed by atoms with Gasteiger partial charge in [0.2, 0.25) is 0 Å². The van der Waals surface area contributed by atoms with E-state index in [0.29, 0.717) is 6.54 Å². The molecule has 1 N–H and O–H groups in total. The van der Waals surface area contributed by atoms with Gasteiger partial charge in [0.05, 0.1) is 11.6 Å². The molecule has 1 saturated heterocycles. The number of hydrogen-bond acceptors (Lipinski definition) is 3. The van der Waals surface area contributed by atoms with E-state index in [0.717, 1.165) is 18.4 Å². The van der Waals surface area contributed by atoms with Gasteiger partial charge in [0.15, 0.2) is 0 Å². The Bertz CT molecular complexity index is 530. The molecule has 0 spiro atoms. The summed E-state index contributed by atoms with van der Waals surface area (Å²) in [5.74, 6) is -0.947. The summed E-state index contributed by atoms with van der Waals surface area (Å²) >= 11 is 0. The minimum absolute atomic E-state index is 0.0392. The minimum Gasteiger partial charge on any atom is -0.478 e. The molecule has 1 fully saturated rings. The standard InChI is InChI=1S/C16H21NO4/c1-16(2,3)21-15(20)17-10-4-5-13(17)11-6-8-12(9-7-11)14(18)19/h6-9,13H,4-5,10H2,1-3H3,(H,18,19)/t13-/m1/s1. The summed E-state index contributed by atoms with van der Waals surface area (Å²) in [5.41, 5.74) is 0.682. The number of amides is 1. The molecule has 0 aromatic heterocycles. The van der Waals surface area contributed by atoms with Gasteiger partial charge >= 0.3 is 12.1 Å². The monoisotopic (exact) mass is 291 g/mol. The number of likely N-dealkylation sites (tertiary alicyclic amines) is 1. The van der Waals surface area contributed by atoms with Crippen molar-refractivity contribution in [2.24, 2.45) is 0 Å². The van der Waals surface area contributed by atoms with E-state index in [9.17, 15) is 9.59 Å². The Morgan fingerprint density at radius 2 is 1.86 bits per heavy atom. The average Bonchev–Trinajstić information content (AvgIpc) is 2.86. The molecule has 1 amide bonds. The second-order valence-electron chi connectivity index (χ2n) is 6.26. The molecule has 1 aromatic carbocycles. The van der Waals surface area contributed by atoms with Crippen LogP contribution in [0.4, 0.5) is 4.79 Å². The maximum Gasteiger partial charge on any atom is 0.410 e. The first-order valence-electron chi connectivity index (χ1n) is 7.11. The molecule has 5 nitrogen and oxygen atoms in total. The lowest BCUT2D eigenvalue weighted by molar-refractivity contribution is 0.0224. The van der Waals surface area contributed by atoms with E-state index < -0.39 is 11.6 Å². The van der Waals surface area contributed by atoms with Gasteiger partial charge < -0.3 is 14.7 Å². The lowest BCUT2D eigenvalue weighted by Crippen LogP contribution is -2.36. The maximum absolute atomic E-state index is 12.2. The number of hydrogen-bond donors (Lipinski definition) is 1. The van der Waals surface area contributed by atoms with Gasteiger partial charge in [0, 0.05) is 6.54 Å². The Balaban J connectivity index is 2.14. The smallest absolute Gasteiger partial charge is 0.410 e. The van der Waals surface area contributed by atoms with Crippen molar-refractivity contribution in [3.05, 3.63) is 35.4 Å². The normalized spacial score (nSPS) is 18.6. The Labute approximate surface area is 124 Å². The maximum atomic E-state index is 12.2. The molecule has 114 valence electrons. The molecule has 21 heavy (non-hydrogen) atoms. The van der Waals surface area contributed by atoms with E-state index in [2.05, 4.69) is 0 Å². The largest absolute Gasteiger partial charge is 0.478 e. The fraction of sp³-hybridized carbons (Fsp3) is 0.500. The molecular weight excluding hydrogens is 270 g/mol. The van der Waals surface area contributed by atoms with E-state index >= 15 is 0 Å². The summed E-state index contributed by atoms with van der Waals surface area (Å²) in [6, 6.07) is 6.66. The number of carbonyl (C=O) groups excluding carboxylic acids is 1. The quantitative estimate of drug-likeness (QED) is 0.906. The number of nitrogens with zero attached hydrogens (tertiary/aromatic N) is 1. The molecule has 1 aromatic rings. The SMILES string of the molecule is CC(C)(C)OC(=O)N1CCC[C@@H]1c1ccc(C(=O)O)cc1. The van der Waals surface area contributed by atoms with Crippen LogP contribution in [0.1, 0.15) is 55.6 Å². The summed E-state index contributed by atoms with van der Waals surface area (Å²) in [6.07, 6.45) is 1.48. The topological polar surface area (TPSA) is 66.8 Å². The van der Waals surface area contributed by atoms with Crippen molar-refractivity contribution < 1.29 is 19.4 Å². The molecule has 5 heteroatoms. The zero-order chi connectivity index (χ0) is 15.6. The highest BCUT2D eigenvalue weighted by molar-refractivity contribution is 5.87. The Morgan fingerprint density at radius 3 is 2.38 bits per heavy atom. The minimum atomic E-state index is -0.947. The Hall–Kier alpha value is -2.04. The number of ether oxygens (including phenoxy) is 1. The number of carbonyl (C=O) groups is 2. The van der Waals surface area contributed by atoms with Crippen LogP contribution in [-0.4, -0.2) is 34.2 Å². The molecule has 1 aliphatic heterocycles. The highest BCUT2D eigenvalue weighted by atomic mass is 16.6. The number of rotatable bonds is 2. The van der Waals surface area contributed by atoms with Gasteiger partial charge in [-0.25, -0.2) is 9.59 Å². The van der Waals surface area contributed by atoms with Gasteiger partial charge in [-0.1, -0.05) is 12.1 Å². The summed E-state index contributed by atoms with van der Waals surface area (Å²) < 4.78 is 5.43. The van der Waals surface area contributed by atoms with Gasteiger partial charge in [0.1, 0.15) is 5.60 Å². The first-order valence-corrected chi connectivity index (χ1v) is 7.11. The molecule has 0 aliphatic carbocycles. The van der Waals surface area contributed by atoms with Crippen molar-refractivity contribution >= 4 is 12.1 Å². The highest BCUT2D eigenvalue weighted by Gasteiger charge is 2.33. The van der Waals surface area contributed by atoms with Crippen LogP contribution in [0.25, 0.3) is 0 Å². The third-order valence-electron chi connectivity index (χ3n) is 3.42. The van der Waals surface area contributed by atoms with Gasteiger partial charge in [-0.05, 0) is 51.3 Å². The first kappa shape index (κ1) is 15.4. The molecule has 2 rings (SSSR count). The van der Waals surface area contributed by atoms with Crippen molar-refractivity contribution in [2.45, 2.75) is 45.3 Å². The number of carboxylic acids is 1. The zero-order valence-corrected chi connectivity index (χ0v) is 12.6. The summed E-state index contributed by atoms with van der Waals surface area (Å²) in [5, 5.41) is 8.92. The van der Waals surface area contributed by atoms with Crippen molar-refractivity contribution in [3.8, 4) is 0 Å². The van der Waals surface area contributed by atoms with Gasteiger partial charge in [0.25, 0.3) is 0 Å². The third kappa shape index (κ3) is 3.74. The predicted molar refractivity (Wildman–Crippen MR) is 78.3 cm³/mol. The second-order valence-corrected chi connectivity index (χ2v) is 6.26. The van der Waals surface area contributed by atoms with E-state index in [1.807, 2.05) is 20.8 Å². The molecule has 0 bridgehead atoms. The first-order chi connectivity index (χ1) is 9.78. The van der Waals surface area contributed by atoms with Crippen molar-refractivity contribution in [3.63, 3.8) is 0 Å². The fourth-order valence-electron chi connectivity index (χ4n) is 2.50. The van der Waals surface area contributed by atoms with Gasteiger partial charge in [-0.15, -0.1) is 0 Å². The van der Waals surface area contributed by atoms with Crippen molar-refractivity contribution in [2.75, 3.05) is 6.54 Å². The second kappa shape index (κ2) is 5.76. The van der Waals surface area contributed by atoms with E-state index in [4.69, 9.17) is 9.84 Å². The van der Waals surface area contributed by atoms with Gasteiger partial charge in [-0.2, -0.15) is 0 Å². The van der Waals surface area contributed by atoms with Crippen LogP contribution in [0.15, 0.2) is 24.3 Å². The Morgan fingerprint density at radius 1 is 1.24 bits per heavy atom. The van der Waals surface area contributed by atoms with Crippen molar-refractivity contribution in [1.82, 2.24) is 4.90 Å². The van der Waals surface area contributed by atoms with E-state index in [1.54, 1.807) is 29.2 Å².